The number of rotatable bonds is 7. The van der Waals surface area contributed by atoms with Gasteiger partial charge in [-0.25, -0.2) is 9.97 Å². The molecule has 43 heavy (non-hydrogen) atoms. The summed E-state index contributed by atoms with van der Waals surface area (Å²) in [5.74, 6) is 0.631. The number of aryl methyl sites for hydroxylation is 1. The molecule has 4 heterocycles. The first-order valence-electron chi connectivity index (χ1n) is 14.8. The molecule has 0 bridgehead atoms. The third-order valence-corrected chi connectivity index (χ3v) is 8.60. The first kappa shape index (κ1) is 28.3. The summed E-state index contributed by atoms with van der Waals surface area (Å²) in [4.78, 5) is 56.2. The van der Waals surface area contributed by atoms with Crippen molar-refractivity contribution in [1.29, 1.82) is 0 Å². The average Bonchev–Trinajstić information content (AvgIpc) is 3.56. The van der Waals surface area contributed by atoms with Crippen LogP contribution in [0.25, 0.3) is 11.0 Å². The number of benzene rings is 1. The lowest BCUT2D eigenvalue weighted by molar-refractivity contribution is 0.0961. The fraction of sp³-hybridized carbons (Fsp3) is 0.375. The highest BCUT2D eigenvalue weighted by Crippen LogP contribution is 2.32. The van der Waals surface area contributed by atoms with Crippen LogP contribution in [0.1, 0.15) is 64.9 Å². The second kappa shape index (κ2) is 11.8. The summed E-state index contributed by atoms with van der Waals surface area (Å²) in [7, 11) is 1.63. The van der Waals surface area contributed by atoms with Crippen LogP contribution in [0.3, 0.4) is 0 Å². The molecule has 2 fully saturated rings. The Kier molecular flexibility index (Phi) is 7.79. The highest BCUT2D eigenvalue weighted by molar-refractivity contribution is 5.99. The van der Waals surface area contributed by atoms with Crippen molar-refractivity contribution in [1.82, 2.24) is 24.8 Å². The Morgan fingerprint density at radius 1 is 0.884 bits per heavy atom. The van der Waals surface area contributed by atoms with Crippen molar-refractivity contribution in [2.75, 3.05) is 48.3 Å². The van der Waals surface area contributed by atoms with Crippen molar-refractivity contribution >= 4 is 45.9 Å². The molecule has 11 nitrogen and oxygen atoms in total. The topological polar surface area (TPSA) is 125 Å². The molecule has 0 radical (unpaired) electrons. The van der Waals surface area contributed by atoms with Crippen LogP contribution in [-0.2, 0) is 0 Å². The van der Waals surface area contributed by atoms with Gasteiger partial charge in [0.05, 0.1) is 17.4 Å². The van der Waals surface area contributed by atoms with Crippen LogP contribution in [0.15, 0.2) is 53.6 Å². The van der Waals surface area contributed by atoms with Gasteiger partial charge in [-0.3, -0.25) is 19.0 Å². The molecule has 4 aromatic rings. The number of nitrogens with one attached hydrogen (secondary N) is 2. The summed E-state index contributed by atoms with van der Waals surface area (Å²) in [5, 5.41) is 6.56. The number of anilines is 4. The van der Waals surface area contributed by atoms with E-state index in [0.29, 0.717) is 33.9 Å². The van der Waals surface area contributed by atoms with Gasteiger partial charge in [-0.2, -0.15) is 4.98 Å². The summed E-state index contributed by atoms with van der Waals surface area (Å²) in [5.41, 5.74) is 3.91. The summed E-state index contributed by atoms with van der Waals surface area (Å²) in [6.45, 7) is 6.64. The van der Waals surface area contributed by atoms with E-state index < -0.39 is 0 Å². The summed E-state index contributed by atoms with van der Waals surface area (Å²) < 4.78 is 1.71. The van der Waals surface area contributed by atoms with Crippen LogP contribution < -0.4 is 26.0 Å². The molecular formula is C32H36N8O3. The SMILES string of the molecule is CNC(=O)c1ccc(N2CCN(c3ccc(Nc4ncc5c(C)c(C(C)=O)c(=O)n(C6CCCC6)c5n4)nc3)CC2)cc1. The maximum Gasteiger partial charge on any atom is 0.263 e. The van der Waals surface area contributed by atoms with E-state index in [9.17, 15) is 14.4 Å². The lowest BCUT2D eigenvalue weighted by Gasteiger charge is -2.37. The lowest BCUT2D eigenvalue weighted by atomic mass is 10.0. The zero-order valence-corrected chi connectivity index (χ0v) is 24.8. The standard InChI is InChI=1S/C32H36N8O3/c1-20-26-19-35-32(37-29(26)40(24-6-4-5-7-24)31(43)28(20)21(2)41)36-27-13-12-25(18-34-27)39-16-14-38(15-17-39)23-10-8-22(9-11-23)30(42)33-3/h8-13,18-19,24H,4-7,14-17H2,1-3H3,(H,33,42)(H,34,35,36,37). The number of piperazine rings is 1. The number of carbonyl (C=O) groups is 2. The van der Waals surface area contributed by atoms with Crippen molar-refractivity contribution in [3.8, 4) is 0 Å². The fourth-order valence-corrected chi connectivity index (χ4v) is 6.26. The Morgan fingerprint density at radius 2 is 1.53 bits per heavy atom. The van der Waals surface area contributed by atoms with Gasteiger partial charge in [-0.1, -0.05) is 12.8 Å². The third kappa shape index (κ3) is 5.54. The molecule has 3 aromatic heterocycles. The van der Waals surface area contributed by atoms with Gasteiger partial charge < -0.3 is 20.4 Å². The number of aromatic nitrogens is 4. The second-order valence-corrected chi connectivity index (χ2v) is 11.2. The van der Waals surface area contributed by atoms with Crippen molar-refractivity contribution in [3.63, 3.8) is 0 Å². The van der Waals surface area contributed by atoms with E-state index in [-0.39, 0.29) is 28.9 Å². The van der Waals surface area contributed by atoms with Crippen molar-refractivity contribution < 1.29 is 9.59 Å². The minimum atomic E-state index is -0.266. The van der Waals surface area contributed by atoms with Crippen LogP contribution in [0, 0.1) is 6.92 Å². The Balaban J connectivity index is 1.16. The number of nitrogens with zero attached hydrogens (tertiary/aromatic N) is 6. The maximum absolute atomic E-state index is 13.5. The van der Waals surface area contributed by atoms with E-state index in [1.54, 1.807) is 24.7 Å². The van der Waals surface area contributed by atoms with Crippen molar-refractivity contribution in [2.45, 2.75) is 45.6 Å². The smallest absolute Gasteiger partial charge is 0.263 e. The zero-order chi connectivity index (χ0) is 30.1. The molecule has 1 amide bonds. The van der Waals surface area contributed by atoms with Gasteiger partial charge in [-0.15, -0.1) is 0 Å². The van der Waals surface area contributed by atoms with Crippen LogP contribution in [0.4, 0.5) is 23.1 Å². The number of ketones is 1. The first-order valence-corrected chi connectivity index (χ1v) is 14.8. The molecule has 2 aliphatic rings. The number of hydrogen-bond donors (Lipinski definition) is 2. The largest absolute Gasteiger partial charge is 0.368 e. The van der Waals surface area contributed by atoms with E-state index in [1.165, 1.54) is 6.92 Å². The Hall–Kier alpha value is -4.80. The zero-order valence-electron chi connectivity index (χ0n) is 24.8. The molecule has 1 aromatic carbocycles. The number of pyridine rings is 2. The fourth-order valence-electron chi connectivity index (χ4n) is 6.26. The molecule has 1 saturated carbocycles. The van der Waals surface area contributed by atoms with E-state index in [1.807, 2.05) is 42.6 Å². The van der Waals surface area contributed by atoms with Crippen LogP contribution in [0.2, 0.25) is 0 Å². The molecule has 1 saturated heterocycles. The summed E-state index contributed by atoms with van der Waals surface area (Å²) >= 11 is 0. The maximum atomic E-state index is 13.5. The summed E-state index contributed by atoms with van der Waals surface area (Å²) in [6.07, 6.45) is 7.42. The predicted octanol–water partition coefficient (Wildman–Crippen LogP) is 4.24. The van der Waals surface area contributed by atoms with E-state index >= 15 is 0 Å². The minimum Gasteiger partial charge on any atom is -0.368 e. The summed E-state index contributed by atoms with van der Waals surface area (Å²) in [6, 6.07) is 11.7. The van der Waals surface area contributed by atoms with Crippen LogP contribution in [0.5, 0.6) is 0 Å². The molecule has 0 atom stereocenters. The highest BCUT2D eigenvalue weighted by atomic mass is 16.2. The molecular weight excluding hydrogens is 544 g/mol. The normalized spacial score (nSPS) is 15.6. The minimum absolute atomic E-state index is 0.0243. The molecule has 6 rings (SSSR count). The first-order chi connectivity index (χ1) is 20.8. The number of fused-ring (bicyclic) bond motifs is 1. The van der Waals surface area contributed by atoms with Gasteiger partial charge in [0.25, 0.3) is 11.5 Å². The van der Waals surface area contributed by atoms with Crippen molar-refractivity contribution in [3.05, 3.63) is 75.8 Å². The van der Waals surface area contributed by atoms with Gasteiger partial charge in [-0.05, 0) is 68.7 Å². The predicted molar refractivity (Wildman–Crippen MR) is 168 cm³/mol. The van der Waals surface area contributed by atoms with E-state index in [4.69, 9.17) is 4.98 Å². The number of hydrogen-bond acceptors (Lipinski definition) is 9. The molecule has 0 unspecified atom stereocenters. The molecule has 222 valence electrons. The Labute approximate surface area is 250 Å². The van der Waals surface area contributed by atoms with Gasteiger partial charge in [0.2, 0.25) is 5.95 Å². The molecule has 1 aliphatic heterocycles. The lowest BCUT2D eigenvalue weighted by Crippen LogP contribution is -2.46. The van der Waals surface area contributed by atoms with Gasteiger partial charge in [0.15, 0.2) is 5.78 Å². The second-order valence-electron chi connectivity index (χ2n) is 11.2. The van der Waals surface area contributed by atoms with Crippen molar-refractivity contribution in [2.24, 2.45) is 0 Å². The number of carbonyl (C=O) groups excluding carboxylic acids is 2. The number of Topliss-reactive ketones (excluding diaryl/α,β-unsaturated/α-hetero) is 1. The van der Waals surface area contributed by atoms with E-state index in [2.05, 4.69) is 30.4 Å². The number of amides is 1. The monoisotopic (exact) mass is 580 g/mol. The third-order valence-electron chi connectivity index (χ3n) is 8.60. The molecule has 2 N–H and O–H groups in total. The Morgan fingerprint density at radius 3 is 2.14 bits per heavy atom. The molecule has 11 heteroatoms. The molecule has 0 spiro atoms. The van der Waals surface area contributed by atoms with Gasteiger partial charge in [0, 0.05) is 62.1 Å². The quantitative estimate of drug-likeness (QED) is 0.309. The van der Waals surface area contributed by atoms with Gasteiger partial charge in [0.1, 0.15) is 11.5 Å². The molecule has 1 aliphatic carbocycles. The average molecular weight is 581 g/mol. The van der Waals surface area contributed by atoms with Crippen LogP contribution in [-0.4, -0.2) is 64.4 Å². The van der Waals surface area contributed by atoms with Crippen LogP contribution >= 0.6 is 0 Å². The highest BCUT2D eigenvalue weighted by Gasteiger charge is 2.26. The van der Waals surface area contributed by atoms with E-state index in [0.717, 1.165) is 63.2 Å². The Bertz CT molecular complexity index is 1720. The van der Waals surface area contributed by atoms with Gasteiger partial charge >= 0.3 is 0 Å².